The second-order valence-corrected chi connectivity index (χ2v) is 6.75. The van der Waals surface area contributed by atoms with Gasteiger partial charge in [0, 0.05) is 31.4 Å². The fourth-order valence-corrected chi connectivity index (χ4v) is 2.21. The molecule has 0 spiro atoms. The molecule has 0 saturated carbocycles. The molecule has 1 aromatic rings. The first kappa shape index (κ1) is 16.5. The van der Waals surface area contributed by atoms with E-state index in [2.05, 4.69) is 57.1 Å². The predicted octanol–water partition coefficient (Wildman–Crippen LogP) is 4.13. The van der Waals surface area contributed by atoms with Gasteiger partial charge in [-0.25, -0.2) is 0 Å². The number of nitrogens with one attached hydrogen (secondary N) is 1. The molecule has 112 valence electrons. The van der Waals surface area contributed by atoms with Crippen molar-refractivity contribution in [2.45, 2.75) is 48.0 Å². The molecule has 0 atom stereocenters. The fraction of sp³-hybridized carbons (Fsp3) is 0.588. The number of anilines is 2. The highest BCUT2D eigenvalue weighted by atomic mass is 16.1. The molecule has 0 aliphatic heterocycles. The highest BCUT2D eigenvalue weighted by Gasteiger charge is 2.17. The molecule has 1 rings (SSSR count). The van der Waals surface area contributed by atoms with E-state index in [1.165, 1.54) is 5.69 Å². The summed E-state index contributed by atoms with van der Waals surface area (Å²) >= 11 is 0. The van der Waals surface area contributed by atoms with E-state index in [4.69, 9.17) is 0 Å². The van der Waals surface area contributed by atoms with E-state index in [9.17, 15) is 4.79 Å². The Hall–Kier alpha value is -1.51. The molecule has 1 aromatic carbocycles. The van der Waals surface area contributed by atoms with Gasteiger partial charge in [0.15, 0.2) is 0 Å². The Morgan fingerprint density at radius 3 is 2.10 bits per heavy atom. The second kappa shape index (κ2) is 6.29. The van der Waals surface area contributed by atoms with Crippen LogP contribution in [0.15, 0.2) is 12.1 Å². The normalized spacial score (nSPS) is 11.3. The van der Waals surface area contributed by atoms with Crippen molar-refractivity contribution in [2.24, 2.45) is 5.41 Å². The van der Waals surface area contributed by atoms with Crippen molar-refractivity contribution >= 4 is 17.3 Å². The Bertz CT molecular complexity index is 463. The summed E-state index contributed by atoms with van der Waals surface area (Å²) in [6.07, 6.45) is 0.530. The van der Waals surface area contributed by atoms with E-state index in [1.54, 1.807) is 0 Å². The maximum absolute atomic E-state index is 12.1. The molecule has 0 unspecified atom stereocenters. The Balaban J connectivity index is 2.95. The van der Waals surface area contributed by atoms with E-state index in [0.717, 1.165) is 23.4 Å². The van der Waals surface area contributed by atoms with Gasteiger partial charge in [-0.05, 0) is 49.4 Å². The van der Waals surface area contributed by atoms with E-state index < -0.39 is 0 Å². The first-order valence-electron chi connectivity index (χ1n) is 7.26. The van der Waals surface area contributed by atoms with Gasteiger partial charge in [-0.1, -0.05) is 20.8 Å². The first-order chi connectivity index (χ1) is 9.14. The number of nitrogens with zero attached hydrogens (tertiary/aromatic N) is 1. The Kier molecular flexibility index (Phi) is 5.21. The number of rotatable bonds is 4. The van der Waals surface area contributed by atoms with Crippen LogP contribution in [0.1, 0.15) is 45.2 Å². The van der Waals surface area contributed by atoms with E-state index in [1.807, 2.05) is 13.8 Å². The first-order valence-corrected chi connectivity index (χ1v) is 7.26. The lowest BCUT2D eigenvalue weighted by atomic mass is 9.92. The Morgan fingerprint density at radius 1 is 1.20 bits per heavy atom. The molecule has 0 saturated heterocycles. The van der Waals surface area contributed by atoms with Crippen LogP contribution in [0.5, 0.6) is 0 Å². The zero-order valence-corrected chi connectivity index (χ0v) is 13.9. The number of aryl methyl sites for hydroxylation is 2. The second-order valence-electron chi connectivity index (χ2n) is 6.75. The van der Waals surface area contributed by atoms with Crippen molar-refractivity contribution in [3.05, 3.63) is 23.3 Å². The van der Waals surface area contributed by atoms with E-state index in [0.29, 0.717) is 6.42 Å². The maximum atomic E-state index is 12.1. The summed E-state index contributed by atoms with van der Waals surface area (Å²) in [6.45, 7) is 13.4. The van der Waals surface area contributed by atoms with Gasteiger partial charge in [0.1, 0.15) is 0 Å². The lowest BCUT2D eigenvalue weighted by Gasteiger charge is -2.22. The molecule has 3 nitrogen and oxygen atoms in total. The number of carbonyl (C=O) groups excluding carboxylic acids is 1. The minimum Gasteiger partial charge on any atom is -0.375 e. The molecule has 0 radical (unpaired) electrons. The van der Waals surface area contributed by atoms with Gasteiger partial charge < -0.3 is 10.2 Å². The largest absolute Gasteiger partial charge is 0.375 e. The molecule has 1 amide bonds. The molecule has 0 aromatic heterocycles. The van der Waals surface area contributed by atoms with Crippen LogP contribution in [0.3, 0.4) is 0 Å². The van der Waals surface area contributed by atoms with Crippen LogP contribution in [0, 0.1) is 19.3 Å². The number of amides is 1. The predicted molar refractivity (Wildman–Crippen MR) is 87.6 cm³/mol. The minimum absolute atomic E-state index is 0.00820. The van der Waals surface area contributed by atoms with Gasteiger partial charge >= 0.3 is 0 Å². The van der Waals surface area contributed by atoms with Gasteiger partial charge in [-0.15, -0.1) is 0 Å². The summed E-state index contributed by atoms with van der Waals surface area (Å²) in [6, 6.07) is 4.26. The van der Waals surface area contributed by atoms with Crippen LogP contribution in [-0.2, 0) is 4.79 Å². The van der Waals surface area contributed by atoms with Crippen molar-refractivity contribution in [1.29, 1.82) is 0 Å². The number of carbonyl (C=O) groups is 1. The zero-order valence-electron chi connectivity index (χ0n) is 13.9. The summed E-state index contributed by atoms with van der Waals surface area (Å²) in [4.78, 5) is 14.3. The number of hydrogen-bond acceptors (Lipinski definition) is 2. The summed E-state index contributed by atoms with van der Waals surface area (Å²) in [5.41, 5.74) is 4.38. The molecule has 0 aliphatic carbocycles. The third-order valence-electron chi connectivity index (χ3n) is 3.39. The summed E-state index contributed by atoms with van der Waals surface area (Å²) < 4.78 is 0. The standard InChI is InChI=1S/C17H28N2O/c1-8-19(7)14-9-12(2)16(13(3)10-14)18-15(20)11-17(4,5)6/h9-10H,8,11H2,1-7H3,(H,18,20). The van der Waals surface area contributed by atoms with Crippen LogP contribution in [0.25, 0.3) is 0 Å². The maximum Gasteiger partial charge on any atom is 0.224 e. The average molecular weight is 276 g/mol. The van der Waals surface area contributed by atoms with Crippen LogP contribution < -0.4 is 10.2 Å². The zero-order chi connectivity index (χ0) is 15.5. The molecular weight excluding hydrogens is 248 g/mol. The topological polar surface area (TPSA) is 32.3 Å². The van der Waals surface area contributed by atoms with Gasteiger partial charge in [-0.2, -0.15) is 0 Å². The lowest BCUT2D eigenvalue weighted by molar-refractivity contribution is -0.117. The summed E-state index contributed by atoms with van der Waals surface area (Å²) in [5.74, 6) is 0.0836. The third kappa shape index (κ3) is 4.55. The van der Waals surface area contributed by atoms with Crippen molar-refractivity contribution in [2.75, 3.05) is 23.8 Å². The molecule has 0 bridgehead atoms. The van der Waals surface area contributed by atoms with E-state index in [-0.39, 0.29) is 11.3 Å². The van der Waals surface area contributed by atoms with Crippen LogP contribution in [0.2, 0.25) is 0 Å². The van der Waals surface area contributed by atoms with E-state index >= 15 is 0 Å². The minimum atomic E-state index is 0.00820. The van der Waals surface area contributed by atoms with Gasteiger partial charge in [0.05, 0.1) is 0 Å². The van der Waals surface area contributed by atoms with Crippen LogP contribution in [0.4, 0.5) is 11.4 Å². The lowest BCUT2D eigenvalue weighted by Crippen LogP contribution is -2.21. The highest BCUT2D eigenvalue weighted by molar-refractivity contribution is 5.93. The fourth-order valence-electron chi connectivity index (χ4n) is 2.21. The Morgan fingerprint density at radius 2 is 1.70 bits per heavy atom. The van der Waals surface area contributed by atoms with Crippen molar-refractivity contribution in [1.82, 2.24) is 0 Å². The molecule has 3 heteroatoms. The van der Waals surface area contributed by atoms with Crippen molar-refractivity contribution in [3.63, 3.8) is 0 Å². The van der Waals surface area contributed by atoms with Crippen LogP contribution >= 0.6 is 0 Å². The van der Waals surface area contributed by atoms with Gasteiger partial charge in [-0.3, -0.25) is 4.79 Å². The molecule has 0 aliphatic rings. The average Bonchev–Trinajstić information content (AvgIpc) is 2.30. The third-order valence-corrected chi connectivity index (χ3v) is 3.39. The summed E-state index contributed by atoms with van der Waals surface area (Å²) in [5, 5.41) is 3.06. The molecule has 1 N–H and O–H groups in total. The quantitative estimate of drug-likeness (QED) is 0.896. The molecular formula is C17H28N2O. The number of hydrogen-bond donors (Lipinski definition) is 1. The monoisotopic (exact) mass is 276 g/mol. The van der Waals surface area contributed by atoms with Crippen molar-refractivity contribution < 1.29 is 4.79 Å². The van der Waals surface area contributed by atoms with Crippen LogP contribution in [-0.4, -0.2) is 19.5 Å². The smallest absolute Gasteiger partial charge is 0.224 e. The Labute approximate surface area is 123 Å². The SMILES string of the molecule is CCN(C)c1cc(C)c(NC(=O)CC(C)(C)C)c(C)c1. The number of benzene rings is 1. The molecule has 0 fully saturated rings. The van der Waals surface area contributed by atoms with Gasteiger partial charge in [0.25, 0.3) is 0 Å². The highest BCUT2D eigenvalue weighted by Crippen LogP contribution is 2.28. The molecule has 20 heavy (non-hydrogen) atoms. The molecule has 0 heterocycles. The van der Waals surface area contributed by atoms with Crippen molar-refractivity contribution in [3.8, 4) is 0 Å². The summed E-state index contributed by atoms with van der Waals surface area (Å²) in [7, 11) is 2.08. The van der Waals surface area contributed by atoms with Gasteiger partial charge in [0.2, 0.25) is 5.91 Å².